The van der Waals surface area contributed by atoms with Gasteiger partial charge in [-0.05, 0) is 19.8 Å². The molecule has 3 nitrogen and oxygen atoms in total. The lowest BCUT2D eigenvalue weighted by atomic mass is 9.82. The van der Waals surface area contributed by atoms with E-state index in [0.717, 1.165) is 0 Å². The predicted octanol–water partition coefficient (Wildman–Crippen LogP) is 0.904. The van der Waals surface area contributed by atoms with Crippen molar-refractivity contribution in [2.45, 2.75) is 32.6 Å². The van der Waals surface area contributed by atoms with Crippen LogP contribution in [0.4, 0.5) is 0 Å². The molecule has 2 saturated carbocycles. The molecule has 2 aliphatic rings. The fourth-order valence-electron chi connectivity index (χ4n) is 2.36. The van der Waals surface area contributed by atoms with Gasteiger partial charge in [-0.2, -0.15) is 0 Å². The van der Waals surface area contributed by atoms with Gasteiger partial charge < -0.3 is 0 Å². The Hall–Kier alpha value is -0.990. The second-order valence-electron chi connectivity index (χ2n) is 4.21. The number of ketones is 3. The standard InChI is InChI=1S/C10H12O3/c1-10-5-7(11)6(9(10)13)3-2-4-8(10)12/h6H,2-5H2,1H3/t6?,10-/m0/s1. The predicted molar refractivity (Wildman–Crippen MR) is 45.1 cm³/mol. The van der Waals surface area contributed by atoms with Crippen LogP contribution >= 0.6 is 0 Å². The first-order chi connectivity index (χ1) is 6.05. The van der Waals surface area contributed by atoms with E-state index in [1.807, 2.05) is 0 Å². The zero-order chi connectivity index (χ0) is 9.64. The van der Waals surface area contributed by atoms with Crippen LogP contribution in [0.25, 0.3) is 0 Å². The molecule has 70 valence electrons. The molecule has 1 unspecified atom stereocenters. The van der Waals surface area contributed by atoms with Gasteiger partial charge in [0.25, 0.3) is 0 Å². The van der Waals surface area contributed by atoms with Crippen molar-refractivity contribution in [1.29, 1.82) is 0 Å². The summed E-state index contributed by atoms with van der Waals surface area (Å²) in [4.78, 5) is 34.7. The molecule has 2 bridgehead atoms. The summed E-state index contributed by atoms with van der Waals surface area (Å²) in [6.07, 6.45) is 1.89. The normalized spacial score (nSPS) is 39.5. The van der Waals surface area contributed by atoms with E-state index in [1.165, 1.54) is 0 Å². The zero-order valence-corrected chi connectivity index (χ0v) is 7.63. The molecule has 2 atom stereocenters. The van der Waals surface area contributed by atoms with Crippen molar-refractivity contribution in [1.82, 2.24) is 0 Å². The monoisotopic (exact) mass is 180 g/mol. The Kier molecular flexibility index (Phi) is 1.65. The number of hydrogen-bond acceptors (Lipinski definition) is 3. The summed E-state index contributed by atoms with van der Waals surface area (Å²) in [6, 6.07) is 0. The first-order valence-corrected chi connectivity index (χ1v) is 4.66. The van der Waals surface area contributed by atoms with E-state index >= 15 is 0 Å². The summed E-state index contributed by atoms with van der Waals surface area (Å²) in [6.45, 7) is 1.63. The molecule has 3 heteroatoms. The van der Waals surface area contributed by atoms with E-state index in [9.17, 15) is 14.4 Å². The Balaban J connectivity index is 2.46. The average Bonchev–Trinajstić information content (AvgIpc) is 2.22. The summed E-state index contributed by atoms with van der Waals surface area (Å²) in [5.41, 5.74) is -0.960. The van der Waals surface area contributed by atoms with Crippen LogP contribution in [-0.4, -0.2) is 17.3 Å². The van der Waals surface area contributed by atoms with E-state index in [4.69, 9.17) is 0 Å². The van der Waals surface area contributed by atoms with E-state index in [2.05, 4.69) is 0 Å². The van der Waals surface area contributed by atoms with E-state index in [1.54, 1.807) is 6.92 Å². The van der Waals surface area contributed by atoms with E-state index < -0.39 is 11.3 Å². The van der Waals surface area contributed by atoms with Crippen LogP contribution in [0.15, 0.2) is 0 Å². The number of fused-ring (bicyclic) bond motifs is 2. The molecule has 0 amide bonds. The summed E-state index contributed by atoms with van der Waals surface area (Å²) in [7, 11) is 0. The maximum atomic E-state index is 11.7. The van der Waals surface area contributed by atoms with Crippen LogP contribution < -0.4 is 0 Å². The highest BCUT2D eigenvalue weighted by Crippen LogP contribution is 2.42. The molecule has 0 aromatic carbocycles. The molecule has 0 N–H and O–H groups in total. The lowest BCUT2D eigenvalue weighted by Crippen LogP contribution is -2.32. The maximum Gasteiger partial charge on any atom is 0.156 e. The summed E-state index contributed by atoms with van der Waals surface area (Å²) < 4.78 is 0. The third kappa shape index (κ3) is 0.992. The van der Waals surface area contributed by atoms with Gasteiger partial charge in [-0.3, -0.25) is 14.4 Å². The fraction of sp³-hybridized carbons (Fsp3) is 0.700. The van der Waals surface area contributed by atoms with E-state index in [0.29, 0.717) is 19.3 Å². The Labute approximate surface area is 76.5 Å². The highest BCUT2D eigenvalue weighted by atomic mass is 16.2. The summed E-state index contributed by atoms with van der Waals surface area (Å²) in [5.74, 6) is -0.650. The van der Waals surface area contributed by atoms with Gasteiger partial charge in [0.2, 0.25) is 0 Å². The highest BCUT2D eigenvalue weighted by molar-refractivity contribution is 6.22. The molecule has 0 heterocycles. The quantitative estimate of drug-likeness (QED) is 0.520. The molecule has 0 aromatic heterocycles. The smallest absolute Gasteiger partial charge is 0.156 e. The lowest BCUT2D eigenvalue weighted by molar-refractivity contribution is -0.137. The molecule has 2 aliphatic carbocycles. The Morgan fingerprint density at radius 1 is 1.31 bits per heavy atom. The number of carbonyl (C=O) groups excluding carboxylic acids is 3. The second-order valence-corrected chi connectivity index (χ2v) is 4.21. The van der Waals surface area contributed by atoms with Gasteiger partial charge in [0.15, 0.2) is 5.78 Å². The number of carbonyl (C=O) groups is 3. The molecule has 2 fully saturated rings. The van der Waals surface area contributed by atoms with Crippen molar-refractivity contribution in [2.24, 2.45) is 11.3 Å². The van der Waals surface area contributed by atoms with Crippen molar-refractivity contribution < 1.29 is 14.4 Å². The Morgan fingerprint density at radius 2 is 2.00 bits per heavy atom. The second kappa shape index (κ2) is 2.50. The molecule has 0 saturated heterocycles. The molecule has 0 spiro atoms. The van der Waals surface area contributed by atoms with Crippen LogP contribution in [0.5, 0.6) is 0 Å². The van der Waals surface area contributed by atoms with Crippen molar-refractivity contribution in [3.05, 3.63) is 0 Å². The summed E-state index contributed by atoms with van der Waals surface area (Å²) >= 11 is 0. The van der Waals surface area contributed by atoms with Crippen LogP contribution in [0.2, 0.25) is 0 Å². The summed E-state index contributed by atoms with van der Waals surface area (Å²) in [5, 5.41) is 0. The zero-order valence-electron chi connectivity index (χ0n) is 7.63. The topological polar surface area (TPSA) is 51.2 Å². The van der Waals surface area contributed by atoms with Gasteiger partial charge in [0.1, 0.15) is 11.6 Å². The number of hydrogen-bond donors (Lipinski definition) is 0. The van der Waals surface area contributed by atoms with Gasteiger partial charge in [0, 0.05) is 12.8 Å². The average molecular weight is 180 g/mol. The highest BCUT2D eigenvalue weighted by Gasteiger charge is 2.54. The Bertz CT molecular complexity index is 305. The molecule has 0 aliphatic heterocycles. The minimum absolute atomic E-state index is 0.0273. The van der Waals surface area contributed by atoms with Gasteiger partial charge >= 0.3 is 0 Å². The number of rotatable bonds is 0. The van der Waals surface area contributed by atoms with Crippen molar-refractivity contribution in [2.75, 3.05) is 0 Å². The first-order valence-electron chi connectivity index (χ1n) is 4.66. The minimum Gasteiger partial charge on any atom is -0.299 e. The lowest BCUT2D eigenvalue weighted by Gasteiger charge is -2.17. The van der Waals surface area contributed by atoms with E-state index in [-0.39, 0.29) is 23.8 Å². The van der Waals surface area contributed by atoms with Gasteiger partial charge in [-0.1, -0.05) is 0 Å². The molecule has 2 rings (SSSR count). The third-order valence-corrected chi connectivity index (χ3v) is 3.29. The first kappa shape index (κ1) is 8.60. The van der Waals surface area contributed by atoms with Crippen molar-refractivity contribution in [3.63, 3.8) is 0 Å². The minimum atomic E-state index is -0.960. The van der Waals surface area contributed by atoms with Crippen molar-refractivity contribution in [3.8, 4) is 0 Å². The number of Topliss-reactive ketones (excluding diaryl/α,β-unsaturated/α-hetero) is 3. The SMILES string of the molecule is C[C@]12CC(=O)C(CCCC1=O)C2=O. The van der Waals surface area contributed by atoms with Crippen molar-refractivity contribution >= 4 is 17.3 Å². The largest absolute Gasteiger partial charge is 0.299 e. The van der Waals surface area contributed by atoms with Gasteiger partial charge in [-0.15, -0.1) is 0 Å². The molecular formula is C10H12O3. The van der Waals surface area contributed by atoms with Gasteiger partial charge in [0.05, 0.1) is 11.3 Å². The third-order valence-electron chi connectivity index (χ3n) is 3.29. The van der Waals surface area contributed by atoms with Crippen LogP contribution in [0.1, 0.15) is 32.6 Å². The van der Waals surface area contributed by atoms with Crippen LogP contribution in [-0.2, 0) is 14.4 Å². The molecule has 13 heavy (non-hydrogen) atoms. The molecular weight excluding hydrogens is 168 g/mol. The maximum absolute atomic E-state index is 11.7. The Morgan fingerprint density at radius 3 is 2.69 bits per heavy atom. The van der Waals surface area contributed by atoms with Crippen LogP contribution in [0, 0.1) is 11.3 Å². The fourth-order valence-corrected chi connectivity index (χ4v) is 2.36. The molecule has 0 radical (unpaired) electrons. The van der Waals surface area contributed by atoms with Crippen LogP contribution in [0.3, 0.4) is 0 Å². The molecule has 0 aromatic rings. The van der Waals surface area contributed by atoms with Gasteiger partial charge in [-0.25, -0.2) is 0 Å².